The molecule has 1 aliphatic carbocycles. The van der Waals surface area contributed by atoms with Crippen LogP contribution in [0.4, 0.5) is 5.69 Å². The summed E-state index contributed by atoms with van der Waals surface area (Å²) >= 11 is 0. The molecule has 0 bridgehead atoms. The number of benzene rings is 1. The molecule has 0 unspecified atom stereocenters. The SMILES string of the molecule is COc1cc(NCC2(CS(C)(=O)=O)CC2)ccc1C(C)C. The van der Waals surface area contributed by atoms with Gasteiger partial charge in [-0.05, 0) is 30.4 Å². The maximum absolute atomic E-state index is 11.5. The van der Waals surface area contributed by atoms with Gasteiger partial charge in [0.1, 0.15) is 15.6 Å². The third kappa shape index (κ3) is 4.37. The van der Waals surface area contributed by atoms with E-state index in [0.717, 1.165) is 24.3 Å². The van der Waals surface area contributed by atoms with Crippen LogP contribution in [-0.2, 0) is 9.84 Å². The first-order valence-corrected chi connectivity index (χ1v) is 9.40. The Labute approximate surface area is 127 Å². The van der Waals surface area contributed by atoms with Crippen molar-refractivity contribution in [2.24, 2.45) is 5.41 Å². The van der Waals surface area contributed by atoms with Crippen LogP contribution in [0.5, 0.6) is 5.75 Å². The van der Waals surface area contributed by atoms with Crippen LogP contribution in [0.25, 0.3) is 0 Å². The number of rotatable bonds is 7. The number of methoxy groups -OCH3 is 1. The first kappa shape index (κ1) is 16.1. The van der Waals surface area contributed by atoms with Crippen molar-refractivity contribution in [2.45, 2.75) is 32.6 Å². The van der Waals surface area contributed by atoms with Crippen molar-refractivity contribution in [3.8, 4) is 5.75 Å². The van der Waals surface area contributed by atoms with E-state index in [1.807, 2.05) is 12.1 Å². The highest BCUT2D eigenvalue weighted by Gasteiger charge is 2.44. The van der Waals surface area contributed by atoms with Gasteiger partial charge in [-0.25, -0.2) is 8.42 Å². The molecule has 0 aromatic heterocycles. The Morgan fingerprint density at radius 2 is 2.00 bits per heavy atom. The number of hydrogen-bond acceptors (Lipinski definition) is 4. The highest BCUT2D eigenvalue weighted by atomic mass is 32.2. The highest BCUT2D eigenvalue weighted by Crippen LogP contribution is 2.46. The van der Waals surface area contributed by atoms with E-state index in [2.05, 4.69) is 25.2 Å². The second kappa shape index (κ2) is 5.87. The third-order valence-electron chi connectivity index (χ3n) is 4.05. The maximum atomic E-state index is 11.5. The zero-order valence-electron chi connectivity index (χ0n) is 13.3. The van der Waals surface area contributed by atoms with Gasteiger partial charge in [0, 0.05) is 30.0 Å². The lowest BCUT2D eigenvalue weighted by Gasteiger charge is -2.18. The molecular formula is C16H25NO3S. The summed E-state index contributed by atoms with van der Waals surface area (Å²) in [7, 11) is -1.24. The van der Waals surface area contributed by atoms with Gasteiger partial charge in [0.2, 0.25) is 0 Å². The number of hydrogen-bond donors (Lipinski definition) is 1. The van der Waals surface area contributed by atoms with E-state index in [9.17, 15) is 8.42 Å². The third-order valence-corrected chi connectivity index (χ3v) is 5.19. The van der Waals surface area contributed by atoms with Crippen LogP contribution >= 0.6 is 0 Å². The van der Waals surface area contributed by atoms with Crippen molar-refractivity contribution in [1.82, 2.24) is 0 Å². The average molecular weight is 311 g/mol. The van der Waals surface area contributed by atoms with Gasteiger partial charge in [0.05, 0.1) is 12.9 Å². The van der Waals surface area contributed by atoms with Gasteiger partial charge in [0.15, 0.2) is 0 Å². The predicted octanol–water partition coefficient (Wildman–Crippen LogP) is 3.06. The predicted molar refractivity (Wildman–Crippen MR) is 87.0 cm³/mol. The van der Waals surface area contributed by atoms with E-state index in [1.54, 1.807) is 7.11 Å². The summed E-state index contributed by atoms with van der Waals surface area (Å²) in [6.45, 7) is 4.97. The second-order valence-corrected chi connectivity index (χ2v) is 8.68. The Balaban J connectivity index is 2.04. The molecule has 1 aromatic carbocycles. The molecule has 21 heavy (non-hydrogen) atoms. The zero-order valence-corrected chi connectivity index (χ0v) is 14.1. The van der Waals surface area contributed by atoms with Gasteiger partial charge in [0.25, 0.3) is 0 Å². The molecule has 2 rings (SSSR count). The molecule has 0 aliphatic heterocycles. The van der Waals surface area contributed by atoms with E-state index in [-0.39, 0.29) is 11.2 Å². The topological polar surface area (TPSA) is 55.4 Å². The number of anilines is 1. The van der Waals surface area contributed by atoms with Crippen LogP contribution in [0.3, 0.4) is 0 Å². The Morgan fingerprint density at radius 3 is 2.48 bits per heavy atom. The molecular weight excluding hydrogens is 286 g/mol. The Hall–Kier alpha value is -1.23. The minimum Gasteiger partial charge on any atom is -0.496 e. The first-order valence-electron chi connectivity index (χ1n) is 7.34. The second-order valence-electron chi connectivity index (χ2n) is 6.54. The molecule has 0 radical (unpaired) electrons. The minimum absolute atomic E-state index is 0.0719. The smallest absolute Gasteiger partial charge is 0.148 e. The van der Waals surface area contributed by atoms with Crippen molar-refractivity contribution >= 4 is 15.5 Å². The molecule has 0 spiro atoms. The van der Waals surface area contributed by atoms with Gasteiger partial charge in [-0.2, -0.15) is 0 Å². The van der Waals surface area contributed by atoms with Gasteiger partial charge in [-0.15, -0.1) is 0 Å². The number of nitrogens with one attached hydrogen (secondary N) is 1. The summed E-state index contributed by atoms with van der Waals surface area (Å²) in [5.74, 6) is 1.56. The van der Waals surface area contributed by atoms with Gasteiger partial charge in [-0.1, -0.05) is 19.9 Å². The summed E-state index contributed by atoms with van der Waals surface area (Å²) in [6, 6.07) is 6.10. The quantitative estimate of drug-likeness (QED) is 0.841. The Morgan fingerprint density at radius 1 is 1.33 bits per heavy atom. The molecule has 1 saturated carbocycles. The van der Waals surface area contributed by atoms with Crippen molar-refractivity contribution in [3.63, 3.8) is 0 Å². The lowest BCUT2D eigenvalue weighted by Crippen LogP contribution is -2.24. The molecule has 0 amide bonds. The molecule has 0 heterocycles. The molecule has 118 valence electrons. The summed E-state index contributed by atoms with van der Waals surface area (Å²) in [5, 5.41) is 3.37. The summed E-state index contributed by atoms with van der Waals surface area (Å²) in [6.07, 6.45) is 3.27. The van der Waals surface area contributed by atoms with E-state index >= 15 is 0 Å². The molecule has 0 atom stereocenters. The molecule has 1 fully saturated rings. The van der Waals surface area contributed by atoms with Crippen LogP contribution in [0.2, 0.25) is 0 Å². The van der Waals surface area contributed by atoms with Crippen LogP contribution in [0.15, 0.2) is 18.2 Å². The molecule has 1 aliphatic rings. The molecule has 5 heteroatoms. The van der Waals surface area contributed by atoms with Gasteiger partial charge < -0.3 is 10.1 Å². The average Bonchev–Trinajstić information content (AvgIpc) is 3.13. The largest absolute Gasteiger partial charge is 0.496 e. The zero-order chi connectivity index (χ0) is 15.7. The summed E-state index contributed by atoms with van der Waals surface area (Å²) in [4.78, 5) is 0. The van der Waals surface area contributed by atoms with Crippen molar-refractivity contribution in [2.75, 3.05) is 31.0 Å². The standard InChI is InChI=1S/C16H25NO3S/c1-12(2)14-6-5-13(9-15(14)20-3)17-10-16(7-8-16)11-21(4,18)19/h5-6,9,12,17H,7-8,10-11H2,1-4H3. The van der Waals surface area contributed by atoms with Crippen LogP contribution < -0.4 is 10.1 Å². The fourth-order valence-corrected chi connectivity index (χ4v) is 4.20. The lowest BCUT2D eigenvalue weighted by atomic mass is 10.0. The van der Waals surface area contributed by atoms with Crippen molar-refractivity contribution < 1.29 is 13.2 Å². The van der Waals surface area contributed by atoms with E-state index in [0.29, 0.717) is 12.5 Å². The Bertz CT molecular complexity index is 604. The molecule has 1 aromatic rings. The fourth-order valence-electron chi connectivity index (χ4n) is 2.69. The van der Waals surface area contributed by atoms with Crippen LogP contribution in [-0.4, -0.2) is 34.1 Å². The Kier molecular flexibility index (Phi) is 4.51. The van der Waals surface area contributed by atoms with Gasteiger partial charge >= 0.3 is 0 Å². The van der Waals surface area contributed by atoms with E-state index < -0.39 is 9.84 Å². The van der Waals surface area contributed by atoms with E-state index in [1.165, 1.54) is 11.8 Å². The number of sulfone groups is 1. The highest BCUT2D eigenvalue weighted by molar-refractivity contribution is 7.90. The fraction of sp³-hybridized carbons (Fsp3) is 0.625. The molecule has 0 saturated heterocycles. The normalized spacial score (nSPS) is 16.8. The first-order chi connectivity index (χ1) is 9.75. The maximum Gasteiger partial charge on any atom is 0.148 e. The van der Waals surface area contributed by atoms with Crippen molar-refractivity contribution in [1.29, 1.82) is 0 Å². The lowest BCUT2D eigenvalue weighted by molar-refractivity contribution is 0.407. The van der Waals surface area contributed by atoms with Crippen molar-refractivity contribution in [3.05, 3.63) is 23.8 Å². The summed E-state index contributed by atoms with van der Waals surface area (Å²) < 4.78 is 28.4. The molecule has 4 nitrogen and oxygen atoms in total. The van der Waals surface area contributed by atoms with Crippen LogP contribution in [0, 0.1) is 5.41 Å². The monoisotopic (exact) mass is 311 g/mol. The summed E-state index contributed by atoms with van der Waals surface area (Å²) in [5.41, 5.74) is 2.09. The van der Waals surface area contributed by atoms with E-state index in [4.69, 9.17) is 4.74 Å². The molecule has 1 N–H and O–H groups in total. The number of ether oxygens (including phenoxy) is 1. The van der Waals surface area contributed by atoms with Crippen LogP contribution in [0.1, 0.15) is 38.2 Å². The minimum atomic E-state index is -2.92. The van der Waals surface area contributed by atoms with Gasteiger partial charge in [-0.3, -0.25) is 0 Å².